The normalized spacial score (nSPS) is 11.3. The van der Waals surface area contributed by atoms with Gasteiger partial charge >= 0.3 is 0 Å². The summed E-state index contributed by atoms with van der Waals surface area (Å²) in [6.45, 7) is 7.66. The molecule has 0 bridgehead atoms. The number of anilines is 1. The predicted molar refractivity (Wildman–Crippen MR) is 75.0 cm³/mol. The van der Waals surface area contributed by atoms with Gasteiger partial charge in [-0.1, -0.05) is 40.0 Å². The molecule has 4 nitrogen and oxygen atoms in total. The van der Waals surface area contributed by atoms with Crippen molar-refractivity contribution in [2.75, 3.05) is 19.0 Å². The Bertz CT molecular complexity index is 353. The van der Waals surface area contributed by atoms with Crippen LogP contribution in [0.3, 0.4) is 0 Å². The number of nitrogens with one attached hydrogen (secondary N) is 1. The molecule has 0 radical (unpaired) electrons. The maximum Gasteiger partial charge on any atom is 0.225 e. The van der Waals surface area contributed by atoms with Crippen molar-refractivity contribution in [2.24, 2.45) is 5.41 Å². The molecule has 0 fully saturated rings. The first-order chi connectivity index (χ1) is 8.57. The van der Waals surface area contributed by atoms with Crippen molar-refractivity contribution in [1.82, 2.24) is 9.97 Å². The zero-order valence-corrected chi connectivity index (χ0v) is 12.0. The average Bonchev–Trinajstić information content (AvgIpc) is 2.37. The number of unbranched alkanes of at least 4 members (excludes halogenated alkanes) is 2. The highest BCUT2D eigenvalue weighted by Gasteiger charge is 2.17. The van der Waals surface area contributed by atoms with Gasteiger partial charge in [-0.05, 0) is 11.8 Å². The molecule has 0 aliphatic heterocycles. The molecule has 0 aromatic carbocycles. The molecule has 0 unspecified atom stereocenters. The second kappa shape index (κ2) is 7.19. The van der Waals surface area contributed by atoms with Gasteiger partial charge in [0.05, 0.1) is 7.11 Å². The molecular formula is C14H25N3O. The summed E-state index contributed by atoms with van der Waals surface area (Å²) < 4.78 is 5.08. The third-order valence-corrected chi connectivity index (χ3v) is 3.02. The molecule has 1 aromatic rings. The summed E-state index contributed by atoms with van der Waals surface area (Å²) in [4.78, 5) is 8.43. The van der Waals surface area contributed by atoms with E-state index in [1.165, 1.54) is 25.7 Å². The van der Waals surface area contributed by atoms with Crippen molar-refractivity contribution in [3.8, 4) is 5.88 Å². The summed E-state index contributed by atoms with van der Waals surface area (Å²) in [5, 5.41) is 3.28. The number of hydrogen-bond donors (Lipinski definition) is 1. The SMILES string of the molecule is CCCCCC(C)(C)CNc1nccc(OC)n1. The Morgan fingerprint density at radius 2 is 2.11 bits per heavy atom. The molecule has 18 heavy (non-hydrogen) atoms. The van der Waals surface area contributed by atoms with Crippen LogP contribution in [0.1, 0.15) is 46.5 Å². The monoisotopic (exact) mass is 251 g/mol. The van der Waals surface area contributed by atoms with Crippen LogP contribution in [0, 0.1) is 5.41 Å². The first kappa shape index (κ1) is 14.7. The lowest BCUT2D eigenvalue weighted by Gasteiger charge is -2.24. The largest absolute Gasteiger partial charge is 0.481 e. The Kier molecular flexibility index (Phi) is 5.89. The van der Waals surface area contributed by atoms with Gasteiger partial charge in [0.2, 0.25) is 11.8 Å². The van der Waals surface area contributed by atoms with Crippen LogP contribution < -0.4 is 10.1 Å². The summed E-state index contributed by atoms with van der Waals surface area (Å²) in [5.74, 6) is 1.23. The molecule has 4 heteroatoms. The summed E-state index contributed by atoms with van der Waals surface area (Å²) >= 11 is 0. The van der Waals surface area contributed by atoms with Crippen molar-refractivity contribution in [2.45, 2.75) is 46.5 Å². The van der Waals surface area contributed by atoms with Gasteiger partial charge in [-0.15, -0.1) is 0 Å². The molecule has 1 heterocycles. The highest BCUT2D eigenvalue weighted by molar-refractivity contribution is 5.27. The smallest absolute Gasteiger partial charge is 0.225 e. The fraction of sp³-hybridized carbons (Fsp3) is 0.714. The van der Waals surface area contributed by atoms with Gasteiger partial charge < -0.3 is 10.1 Å². The van der Waals surface area contributed by atoms with Gasteiger partial charge in [0.1, 0.15) is 0 Å². The third-order valence-electron chi connectivity index (χ3n) is 3.02. The van der Waals surface area contributed by atoms with Crippen molar-refractivity contribution in [3.63, 3.8) is 0 Å². The van der Waals surface area contributed by atoms with E-state index < -0.39 is 0 Å². The average molecular weight is 251 g/mol. The lowest BCUT2D eigenvalue weighted by Crippen LogP contribution is -2.23. The summed E-state index contributed by atoms with van der Waals surface area (Å²) in [5.41, 5.74) is 0.265. The van der Waals surface area contributed by atoms with E-state index in [9.17, 15) is 0 Å². The number of ether oxygens (including phenoxy) is 1. The lowest BCUT2D eigenvalue weighted by atomic mass is 9.87. The molecule has 0 aliphatic rings. The number of methoxy groups -OCH3 is 1. The molecule has 0 amide bonds. The van der Waals surface area contributed by atoms with Gasteiger partial charge in [-0.2, -0.15) is 4.98 Å². The molecule has 1 N–H and O–H groups in total. The molecule has 0 aliphatic carbocycles. The van der Waals surface area contributed by atoms with Crippen LogP contribution in [0.5, 0.6) is 5.88 Å². The van der Waals surface area contributed by atoms with Gasteiger partial charge in [0.25, 0.3) is 0 Å². The fourth-order valence-electron chi connectivity index (χ4n) is 1.80. The zero-order chi connectivity index (χ0) is 13.4. The van der Waals surface area contributed by atoms with E-state index in [4.69, 9.17) is 4.74 Å². The highest BCUT2D eigenvalue weighted by Crippen LogP contribution is 2.24. The van der Waals surface area contributed by atoms with Crippen LogP contribution in [0.25, 0.3) is 0 Å². The minimum Gasteiger partial charge on any atom is -0.481 e. The number of rotatable bonds is 8. The topological polar surface area (TPSA) is 47.0 Å². The van der Waals surface area contributed by atoms with E-state index in [1.807, 2.05) is 0 Å². The zero-order valence-electron chi connectivity index (χ0n) is 12.0. The van der Waals surface area contributed by atoms with Crippen molar-refractivity contribution in [1.29, 1.82) is 0 Å². The van der Waals surface area contributed by atoms with Crippen LogP contribution in [0.4, 0.5) is 5.95 Å². The van der Waals surface area contributed by atoms with Gasteiger partial charge in [0.15, 0.2) is 0 Å². The Hall–Kier alpha value is -1.32. The fourth-order valence-corrected chi connectivity index (χ4v) is 1.80. The third kappa shape index (κ3) is 5.34. The standard InChI is InChI=1S/C14H25N3O/c1-5-6-7-9-14(2,3)11-16-13-15-10-8-12(17-13)18-4/h8,10H,5-7,9,11H2,1-4H3,(H,15,16,17). The van der Waals surface area contributed by atoms with E-state index in [1.54, 1.807) is 19.4 Å². The molecule has 102 valence electrons. The maximum absolute atomic E-state index is 5.08. The van der Waals surface area contributed by atoms with Crippen molar-refractivity contribution in [3.05, 3.63) is 12.3 Å². The molecule has 1 rings (SSSR count). The summed E-state index contributed by atoms with van der Waals surface area (Å²) in [6, 6.07) is 1.75. The summed E-state index contributed by atoms with van der Waals surface area (Å²) in [6.07, 6.45) is 6.78. The van der Waals surface area contributed by atoms with Gasteiger partial charge in [0, 0.05) is 18.8 Å². The molecule has 0 saturated heterocycles. The highest BCUT2D eigenvalue weighted by atomic mass is 16.5. The van der Waals surface area contributed by atoms with Crippen LogP contribution in [0.15, 0.2) is 12.3 Å². The Morgan fingerprint density at radius 1 is 1.33 bits per heavy atom. The van der Waals surface area contributed by atoms with Crippen molar-refractivity contribution >= 4 is 5.95 Å². The first-order valence-electron chi connectivity index (χ1n) is 6.68. The second-order valence-electron chi connectivity index (χ2n) is 5.40. The Balaban J connectivity index is 2.42. The summed E-state index contributed by atoms with van der Waals surface area (Å²) in [7, 11) is 1.61. The van der Waals surface area contributed by atoms with Gasteiger partial charge in [-0.3, -0.25) is 0 Å². The minimum absolute atomic E-state index is 0.265. The number of nitrogens with zero attached hydrogens (tertiary/aromatic N) is 2. The molecular weight excluding hydrogens is 226 g/mol. The predicted octanol–water partition coefficient (Wildman–Crippen LogP) is 3.50. The number of hydrogen-bond acceptors (Lipinski definition) is 4. The van der Waals surface area contributed by atoms with E-state index in [2.05, 4.69) is 36.1 Å². The lowest BCUT2D eigenvalue weighted by molar-refractivity contribution is 0.341. The second-order valence-corrected chi connectivity index (χ2v) is 5.40. The molecule has 0 spiro atoms. The minimum atomic E-state index is 0.265. The van der Waals surface area contributed by atoms with Gasteiger partial charge in [-0.25, -0.2) is 4.98 Å². The van der Waals surface area contributed by atoms with E-state index >= 15 is 0 Å². The van der Waals surface area contributed by atoms with Crippen LogP contribution in [-0.4, -0.2) is 23.6 Å². The van der Waals surface area contributed by atoms with E-state index in [0.717, 1.165) is 6.54 Å². The van der Waals surface area contributed by atoms with Crippen LogP contribution in [0.2, 0.25) is 0 Å². The molecule has 1 aromatic heterocycles. The molecule has 0 atom stereocenters. The number of aromatic nitrogens is 2. The maximum atomic E-state index is 5.08. The van der Waals surface area contributed by atoms with E-state index in [0.29, 0.717) is 11.8 Å². The quantitative estimate of drug-likeness (QED) is 0.718. The first-order valence-corrected chi connectivity index (χ1v) is 6.68. The van der Waals surface area contributed by atoms with Crippen molar-refractivity contribution < 1.29 is 4.74 Å². The van der Waals surface area contributed by atoms with Crippen LogP contribution in [-0.2, 0) is 0 Å². The molecule has 0 saturated carbocycles. The Morgan fingerprint density at radius 3 is 2.78 bits per heavy atom. The van der Waals surface area contributed by atoms with E-state index in [-0.39, 0.29) is 5.41 Å². The Labute approximate surface area is 110 Å². The van der Waals surface area contributed by atoms with Crippen LogP contribution >= 0.6 is 0 Å².